The van der Waals surface area contributed by atoms with E-state index in [2.05, 4.69) is 18.9 Å². The Morgan fingerprint density at radius 3 is 2.45 bits per heavy atom. The van der Waals surface area contributed by atoms with Crippen molar-refractivity contribution in [2.45, 2.75) is 40.5 Å². The number of rotatable bonds is 4. The van der Waals surface area contributed by atoms with Crippen molar-refractivity contribution in [1.82, 2.24) is 9.78 Å². The Bertz CT molecular complexity index is 597. The van der Waals surface area contributed by atoms with E-state index < -0.39 is 0 Å². The van der Waals surface area contributed by atoms with Crippen molar-refractivity contribution in [3.05, 3.63) is 52.8 Å². The largest absolute Gasteiger partial charge is 0.272 e. The van der Waals surface area contributed by atoms with Gasteiger partial charge in [-0.15, -0.1) is 0 Å². The lowest BCUT2D eigenvalue weighted by Gasteiger charge is -2.06. The number of aryl methyl sites for hydroxylation is 1. The minimum absolute atomic E-state index is 0.0341. The van der Waals surface area contributed by atoms with Crippen molar-refractivity contribution in [1.29, 1.82) is 0 Å². The zero-order chi connectivity index (χ0) is 14.7. The molecule has 0 saturated carbocycles. The van der Waals surface area contributed by atoms with Gasteiger partial charge in [0, 0.05) is 5.69 Å². The maximum absolute atomic E-state index is 12.4. The van der Waals surface area contributed by atoms with Crippen LogP contribution in [0.15, 0.2) is 30.3 Å². The molecule has 1 heterocycles. The molecule has 0 aliphatic carbocycles. The van der Waals surface area contributed by atoms with Crippen molar-refractivity contribution in [3.63, 3.8) is 0 Å². The molecule has 0 bridgehead atoms. The minimum Gasteiger partial charge on any atom is -0.272 e. The number of carbonyl (C=O) groups is 1. The van der Waals surface area contributed by atoms with E-state index in [0.29, 0.717) is 12.3 Å². The van der Waals surface area contributed by atoms with Gasteiger partial charge in [0.05, 0.1) is 12.1 Å². The molecule has 0 spiro atoms. The van der Waals surface area contributed by atoms with E-state index in [-0.39, 0.29) is 5.91 Å². The van der Waals surface area contributed by atoms with Crippen molar-refractivity contribution in [2.24, 2.45) is 5.92 Å². The standard InChI is InChI=1S/C17H22N2O/c1-12(2)10-16-13(3)18-19(14(16)4)17(20)11-15-8-6-5-7-9-15/h5-9,12H,10-11H2,1-4H3. The maximum atomic E-state index is 12.4. The zero-order valence-electron chi connectivity index (χ0n) is 12.7. The number of carbonyl (C=O) groups excluding carboxylic acids is 1. The van der Waals surface area contributed by atoms with Gasteiger partial charge in [-0.05, 0) is 37.3 Å². The van der Waals surface area contributed by atoms with Crippen molar-refractivity contribution < 1.29 is 4.79 Å². The number of nitrogens with zero attached hydrogens (tertiary/aromatic N) is 2. The van der Waals surface area contributed by atoms with Gasteiger partial charge in [0.15, 0.2) is 0 Å². The molecule has 0 amide bonds. The maximum Gasteiger partial charge on any atom is 0.251 e. The second-order valence-corrected chi connectivity index (χ2v) is 5.72. The summed E-state index contributed by atoms with van der Waals surface area (Å²) in [6.07, 6.45) is 1.36. The molecule has 20 heavy (non-hydrogen) atoms. The van der Waals surface area contributed by atoms with E-state index in [9.17, 15) is 4.79 Å². The Hall–Kier alpha value is -1.90. The van der Waals surface area contributed by atoms with Gasteiger partial charge < -0.3 is 0 Å². The van der Waals surface area contributed by atoms with Gasteiger partial charge in [-0.1, -0.05) is 44.2 Å². The van der Waals surface area contributed by atoms with Crippen LogP contribution in [0.1, 0.15) is 41.2 Å². The van der Waals surface area contributed by atoms with Gasteiger partial charge in [0.1, 0.15) is 0 Å². The van der Waals surface area contributed by atoms with Gasteiger partial charge in [-0.25, -0.2) is 4.68 Å². The quantitative estimate of drug-likeness (QED) is 0.851. The molecule has 106 valence electrons. The molecule has 0 N–H and O–H groups in total. The average molecular weight is 270 g/mol. The van der Waals surface area contributed by atoms with Crippen LogP contribution in [0.2, 0.25) is 0 Å². The van der Waals surface area contributed by atoms with Crippen LogP contribution in [-0.2, 0) is 12.8 Å². The molecule has 0 aliphatic heterocycles. The molecule has 2 aromatic rings. The monoisotopic (exact) mass is 270 g/mol. The molecular weight excluding hydrogens is 248 g/mol. The number of hydrogen-bond donors (Lipinski definition) is 0. The zero-order valence-corrected chi connectivity index (χ0v) is 12.7. The summed E-state index contributed by atoms with van der Waals surface area (Å²) in [6.45, 7) is 8.33. The van der Waals surface area contributed by atoms with Gasteiger partial charge in [0.25, 0.3) is 5.91 Å². The second kappa shape index (κ2) is 6.04. The van der Waals surface area contributed by atoms with Crippen LogP contribution in [-0.4, -0.2) is 15.7 Å². The van der Waals surface area contributed by atoms with Crippen LogP contribution in [0.5, 0.6) is 0 Å². The summed E-state index contributed by atoms with van der Waals surface area (Å²) in [6, 6.07) is 9.80. The molecule has 0 unspecified atom stereocenters. The normalized spacial score (nSPS) is 11.1. The van der Waals surface area contributed by atoms with Crippen LogP contribution >= 0.6 is 0 Å². The van der Waals surface area contributed by atoms with E-state index in [1.54, 1.807) is 4.68 Å². The topological polar surface area (TPSA) is 34.9 Å². The first-order valence-electron chi connectivity index (χ1n) is 7.11. The van der Waals surface area contributed by atoms with Gasteiger partial charge in [0.2, 0.25) is 0 Å². The first-order valence-corrected chi connectivity index (χ1v) is 7.11. The van der Waals surface area contributed by atoms with Gasteiger partial charge in [-0.3, -0.25) is 4.79 Å². The summed E-state index contributed by atoms with van der Waals surface area (Å²) < 4.78 is 1.57. The third-order valence-electron chi connectivity index (χ3n) is 3.49. The number of aromatic nitrogens is 2. The Balaban J connectivity index is 2.23. The second-order valence-electron chi connectivity index (χ2n) is 5.72. The highest BCUT2D eigenvalue weighted by Gasteiger charge is 2.17. The van der Waals surface area contributed by atoms with E-state index in [0.717, 1.165) is 23.4 Å². The Morgan fingerprint density at radius 1 is 1.20 bits per heavy atom. The molecular formula is C17H22N2O. The predicted molar refractivity (Wildman–Crippen MR) is 81.0 cm³/mol. The highest BCUT2D eigenvalue weighted by atomic mass is 16.2. The van der Waals surface area contributed by atoms with E-state index >= 15 is 0 Å². The summed E-state index contributed by atoms with van der Waals surface area (Å²) in [5.41, 5.74) is 4.19. The summed E-state index contributed by atoms with van der Waals surface area (Å²) in [7, 11) is 0. The van der Waals surface area contributed by atoms with E-state index in [4.69, 9.17) is 0 Å². The number of benzene rings is 1. The molecule has 0 saturated heterocycles. The molecule has 0 atom stereocenters. The molecule has 0 fully saturated rings. The lowest BCUT2D eigenvalue weighted by molar-refractivity contribution is 0.0895. The third kappa shape index (κ3) is 3.16. The first kappa shape index (κ1) is 14.5. The SMILES string of the molecule is Cc1nn(C(=O)Cc2ccccc2)c(C)c1CC(C)C. The van der Waals surface area contributed by atoms with Crippen molar-refractivity contribution in [2.75, 3.05) is 0 Å². The smallest absolute Gasteiger partial charge is 0.251 e. The van der Waals surface area contributed by atoms with Crippen molar-refractivity contribution >= 4 is 5.91 Å². The molecule has 1 aromatic carbocycles. The van der Waals surface area contributed by atoms with Crippen LogP contribution in [0, 0.1) is 19.8 Å². The Labute approximate surface area is 120 Å². The Morgan fingerprint density at radius 2 is 1.85 bits per heavy atom. The fraction of sp³-hybridized carbons (Fsp3) is 0.412. The highest BCUT2D eigenvalue weighted by molar-refractivity contribution is 5.81. The molecule has 2 rings (SSSR count). The minimum atomic E-state index is 0.0341. The molecule has 0 radical (unpaired) electrons. The summed E-state index contributed by atoms with van der Waals surface area (Å²) in [4.78, 5) is 12.4. The van der Waals surface area contributed by atoms with Crippen LogP contribution in [0.25, 0.3) is 0 Å². The lowest BCUT2D eigenvalue weighted by atomic mass is 10.0. The van der Waals surface area contributed by atoms with E-state index in [1.807, 2.05) is 44.2 Å². The van der Waals surface area contributed by atoms with Gasteiger partial charge >= 0.3 is 0 Å². The third-order valence-corrected chi connectivity index (χ3v) is 3.49. The van der Waals surface area contributed by atoms with Crippen molar-refractivity contribution in [3.8, 4) is 0 Å². The number of hydrogen-bond acceptors (Lipinski definition) is 2. The highest BCUT2D eigenvalue weighted by Crippen LogP contribution is 2.18. The fourth-order valence-corrected chi connectivity index (χ4v) is 2.47. The lowest BCUT2D eigenvalue weighted by Crippen LogP contribution is -2.17. The molecule has 3 nitrogen and oxygen atoms in total. The average Bonchev–Trinajstić information content (AvgIpc) is 2.67. The van der Waals surface area contributed by atoms with Crippen LogP contribution in [0.3, 0.4) is 0 Å². The molecule has 3 heteroatoms. The van der Waals surface area contributed by atoms with Crippen LogP contribution in [0.4, 0.5) is 0 Å². The molecule has 0 aliphatic rings. The fourth-order valence-electron chi connectivity index (χ4n) is 2.47. The first-order chi connectivity index (χ1) is 9.49. The molecule has 1 aromatic heterocycles. The van der Waals surface area contributed by atoms with Crippen LogP contribution < -0.4 is 0 Å². The summed E-state index contributed by atoms with van der Waals surface area (Å²) >= 11 is 0. The summed E-state index contributed by atoms with van der Waals surface area (Å²) in [5.74, 6) is 0.598. The summed E-state index contributed by atoms with van der Waals surface area (Å²) in [5, 5.41) is 4.43. The predicted octanol–water partition coefficient (Wildman–Crippen LogP) is 3.58. The Kier molecular flexibility index (Phi) is 4.38. The van der Waals surface area contributed by atoms with Gasteiger partial charge in [-0.2, -0.15) is 5.10 Å². The van der Waals surface area contributed by atoms with E-state index in [1.165, 1.54) is 5.56 Å².